The van der Waals surface area contributed by atoms with Crippen LogP contribution in [0.15, 0.2) is 53.5 Å². The molecule has 1 heterocycles. The Morgan fingerprint density at radius 2 is 1.73 bits per heavy atom. The molecule has 0 radical (unpaired) electrons. The van der Waals surface area contributed by atoms with Crippen LogP contribution in [0, 0.1) is 0 Å². The van der Waals surface area contributed by atoms with Crippen molar-refractivity contribution in [2.24, 2.45) is 10.7 Å². The van der Waals surface area contributed by atoms with Gasteiger partial charge in [0, 0.05) is 31.6 Å². The highest BCUT2D eigenvalue weighted by Crippen LogP contribution is 2.21. The third kappa shape index (κ3) is 4.69. The molecular weight excluding hydrogens is 324 g/mol. The molecule has 0 aliphatic heterocycles. The van der Waals surface area contributed by atoms with Crippen LogP contribution in [0.25, 0.3) is 10.9 Å². The summed E-state index contributed by atoms with van der Waals surface area (Å²) in [7, 11) is 3.54. The molecule has 0 saturated carbocycles. The normalized spacial score (nSPS) is 10.8. The van der Waals surface area contributed by atoms with Gasteiger partial charge >= 0.3 is 0 Å². The van der Waals surface area contributed by atoms with Gasteiger partial charge in [-0.1, -0.05) is 38.1 Å². The van der Waals surface area contributed by atoms with Crippen molar-refractivity contribution in [1.82, 2.24) is 9.97 Å². The second-order valence-corrected chi connectivity index (χ2v) is 5.36. The maximum Gasteiger partial charge on any atom is 0.194 e. The summed E-state index contributed by atoms with van der Waals surface area (Å²) in [5.74, 6) is 1.73. The molecule has 6 nitrogen and oxygen atoms in total. The van der Waals surface area contributed by atoms with E-state index in [1.807, 2.05) is 57.3 Å². The number of anilines is 2. The predicted octanol–water partition coefficient (Wildman–Crippen LogP) is 3.64. The molecule has 0 saturated heterocycles. The number of hydrogen-bond donors (Lipinski definition) is 3. The Kier molecular flexibility index (Phi) is 6.91. The molecule has 2 aromatic carbocycles. The van der Waals surface area contributed by atoms with Gasteiger partial charge in [0.15, 0.2) is 5.96 Å². The predicted molar refractivity (Wildman–Crippen MR) is 111 cm³/mol. The van der Waals surface area contributed by atoms with Crippen LogP contribution in [0.5, 0.6) is 0 Å². The maximum absolute atomic E-state index is 5.80. The van der Waals surface area contributed by atoms with Crippen LogP contribution in [0.2, 0.25) is 0 Å². The smallest absolute Gasteiger partial charge is 0.194 e. The Hall–Kier alpha value is -3.15. The van der Waals surface area contributed by atoms with Crippen molar-refractivity contribution in [3.63, 3.8) is 0 Å². The van der Waals surface area contributed by atoms with Gasteiger partial charge < -0.3 is 16.4 Å². The van der Waals surface area contributed by atoms with E-state index in [4.69, 9.17) is 5.73 Å². The van der Waals surface area contributed by atoms with Gasteiger partial charge in [-0.3, -0.25) is 4.99 Å². The molecule has 3 aromatic rings. The first kappa shape index (κ1) is 19.2. The van der Waals surface area contributed by atoms with Gasteiger partial charge in [0.05, 0.1) is 5.52 Å². The van der Waals surface area contributed by atoms with Gasteiger partial charge in [0.25, 0.3) is 0 Å². The third-order valence-electron chi connectivity index (χ3n) is 3.74. The number of nitrogens with zero attached hydrogens (tertiary/aromatic N) is 3. The van der Waals surface area contributed by atoms with Gasteiger partial charge in [-0.15, -0.1) is 0 Å². The number of nitrogens with one attached hydrogen (secondary N) is 2. The zero-order chi connectivity index (χ0) is 18.9. The van der Waals surface area contributed by atoms with Crippen LogP contribution in [0.1, 0.15) is 25.2 Å². The highest BCUT2D eigenvalue weighted by atomic mass is 15.1. The zero-order valence-corrected chi connectivity index (χ0v) is 15.7. The first-order valence-corrected chi connectivity index (χ1v) is 8.71. The molecule has 0 bridgehead atoms. The summed E-state index contributed by atoms with van der Waals surface area (Å²) < 4.78 is 0. The lowest BCUT2D eigenvalue weighted by molar-refractivity contribution is 0.996. The SMILES string of the molecule is CC.CN=C(N)Nc1nc(Cc2ccc(NC)cc2)nc2ccccc12. The molecule has 1 aromatic heterocycles. The van der Waals surface area contributed by atoms with E-state index < -0.39 is 0 Å². The zero-order valence-electron chi connectivity index (χ0n) is 15.7. The minimum atomic E-state index is 0.322. The number of nitrogens with two attached hydrogens (primary N) is 1. The number of hydrogen-bond acceptors (Lipinski definition) is 4. The van der Waals surface area contributed by atoms with Crippen molar-refractivity contribution in [1.29, 1.82) is 0 Å². The summed E-state index contributed by atoms with van der Waals surface area (Å²) in [6.07, 6.45) is 0.646. The fourth-order valence-electron chi connectivity index (χ4n) is 2.45. The second-order valence-electron chi connectivity index (χ2n) is 5.36. The van der Waals surface area contributed by atoms with E-state index in [-0.39, 0.29) is 0 Å². The van der Waals surface area contributed by atoms with Crippen molar-refractivity contribution in [3.8, 4) is 0 Å². The van der Waals surface area contributed by atoms with E-state index in [1.54, 1.807) is 7.05 Å². The largest absolute Gasteiger partial charge is 0.388 e. The monoisotopic (exact) mass is 350 g/mol. The van der Waals surface area contributed by atoms with Crippen molar-refractivity contribution in [3.05, 3.63) is 59.9 Å². The van der Waals surface area contributed by atoms with E-state index >= 15 is 0 Å². The standard InChI is InChI=1S/C18H20N6.C2H6/c1-20-13-9-7-12(8-10-13)11-16-22-15-6-4-3-5-14(15)17(23-16)24-18(19)21-2;1-2/h3-10,20H,11H2,1-2H3,(H3,19,21,22,23,24);1-2H3. The molecule has 0 aliphatic carbocycles. The molecule has 4 N–H and O–H groups in total. The Morgan fingerprint density at radius 1 is 1.04 bits per heavy atom. The van der Waals surface area contributed by atoms with Gasteiger partial charge in [-0.25, -0.2) is 9.97 Å². The van der Waals surface area contributed by atoms with Crippen molar-refractivity contribution in [2.45, 2.75) is 20.3 Å². The molecule has 0 spiro atoms. The first-order chi connectivity index (χ1) is 12.7. The van der Waals surface area contributed by atoms with Crippen LogP contribution in [-0.4, -0.2) is 30.0 Å². The molecule has 3 rings (SSSR count). The minimum absolute atomic E-state index is 0.322. The summed E-state index contributed by atoms with van der Waals surface area (Å²) in [6.45, 7) is 4.00. The number of fused-ring (bicyclic) bond motifs is 1. The molecule has 6 heteroatoms. The number of aliphatic imine (C=N–C) groups is 1. The van der Waals surface area contributed by atoms with Gasteiger partial charge in [0.1, 0.15) is 11.6 Å². The van der Waals surface area contributed by atoms with Crippen molar-refractivity contribution in [2.75, 3.05) is 24.7 Å². The van der Waals surface area contributed by atoms with E-state index in [0.717, 1.165) is 28.0 Å². The minimum Gasteiger partial charge on any atom is -0.388 e. The highest BCUT2D eigenvalue weighted by molar-refractivity contribution is 5.99. The Bertz CT molecular complexity index is 871. The van der Waals surface area contributed by atoms with Gasteiger partial charge in [0.2, 0.25) is 0 Å². The van der Waals surface area contributed by atoms with Crippen LogP contribution in [0.3, 0.4) is 0 Å². The molecule has 0 atom stereocenters. The topological polar surface area (TPSA) is 88.2 Å². The lowest BCUT2D eigenvalue weighted by Gasteiger charge is -2.10. The van der Waals surface area contributed by atoms with Crippen LogP contribution < -0.4 is 16.4 Å². The number of rotatable bonds is 4. The molecule has 0 amide bonds. The van der Waals surface area contributed by atoms with Crippen molar-refractivity contribution < 1.29 is 0 Å². The summed E-state index contributed by atoms with van der Waals surface area (Å²) in [4.78, 5) is 13.2. The first-order valence-electron chi connectivity index (χ1n) is 8.71. The van der Waals surface area contributed by atoms with Gasteiger partial charge in [-0.05, 0) is 29.8 Å². The Balaban J connectivity index is 0.00000117. The van der Waals surface area contributed by atoms with Crippen LogP contribution >= 0.6 is 0 Å². The average molecular weight is 350 g/mol. The maximum atomic E-state index is 5.80. The average Bonchev–Trinajstić information content (AvgIpc) is 2.70. The van der Waals surface area contributed by atoms with Crippen molar-refractivity contribution >= 4 is 28.4 Å². The summed E-state index contributed by atoms with van der Waals surface area (Å²) in [5, 5.41) is 7.07. The molecule has 26 heavy (non-hydrogen) atoms. The van der Waals surface area contributed by atoms with Crippen LogP contribution in [-0.2, 0) is 6.42 Å². The van der Waals surface area contributed by atoms with E-state index in [9.17, 15) is 0 Å². The number of benzene rings is 2. The lowest BCUT2D eigenvalue weighted by atomic mass is 10.1. The fourth-order valence-corrected chi connectivity index (χ4v) is 2.45. The summed E-state index contributed by atoms with van der Waals surface area (Å²) in [5.41, 5.74) is 8.90. The highest BCUT2D eigenvalue weighted by Gasteiger charge is 2.09. The molecule has 0 aliphatic rings. The molecule has 0 unspecified atom stereocenters. The Morgan fingerprint density at radius 3 is 2.38 bits per heavy atom. The third-order valence-corrected chi connectivity index (χ3v) is 3.74. The quantitative estimate of drug-likeness (QED) is 0.494. The number of para-hydroxylation sites is 1. The number of guanidine groups is 1. The lowest BCUT2D eigenvalue weighted by Crippen LogP contribution is -2.23. The van der Waals surface area contributed by atoms with E-state index in [2.05, 4.69) is 37.7 Å². The summed E-state index contributed by atoms with van der Waals surface area (Å²) in [6, 6.07) is 16.1. The molecular formula is C20H26N6. The number of aromatic nitrogens is 2. The van der Waals surface area contributed by atoms with E-state index in [0.29, 0.717) is 18.2 Å². The second kappa shape index (κ2) is 9.36. The Labute approximate surface area is 154 Å². The van der Waals surface area contributed by atoms with Gasteiger partial charge in [-0.2, -0.15) is 0 Å². The van der Waals surface area contributed by atoms with Crippen LogP contribution in [0.4, 0.5) is 11.5 Å². The summed E-state index contributed by atoms with van der Waals surface area (Å²) >= 11 is 0. The fraction of sp³-hybridized carbons (Fsp3) is 0.250. The van der Waals surface area contributed by atoms with E-state index in [1.165, 1.54) is 0 Å². The molecule has 136 valence electrons. The molecule has 0 fully saturated rings.